The van der Waals surface area contributed by atoms with Crippen molar-refractivity contribution in [2.75, 3.05) is 21.3 Å². The van der Waals surface area contributed by atoms with Crippen molar-refractivity contribution in [1.29, 1.82) is 0 Å². The SMILES string of the molecule is CO[Si](CCC(C)OC(C)=O)(OC)OC. The van der Waals surface area contributed by atoms with Crippen LogP contribution in [0.1, 0.15) is 20.3 Å². The van der Waals surface area contributed by atoms with E-state index in [0.29, 0.717) is 12.5 Å². The molecule has 0 saturated heterocycles. The topological polar surface area (TPSA) is 54.0 Å². The van der Waals surface area contributed by atoms with Crippen molar-refractivity contribution < 1.29 is 22.8 Å². The maximum atomic E-state index is 10.7. The third-order valence-corrected chi connectivity index (χ3v) is 4.92. The summed E-state index contributed by atoms with van der Waals surface area (Å²) in [4.78, 5) is 10.7. The van der Waals surface area contributed by atoms with Gasteiger partial charge in [0.1, 0.15) is 0 Å². The van der Waals surface area contributed by atoms with Crippen molar-refractivity contribution in [2.24, 2.45) is 0 Å². The zero-order valence-electron chi connectivity index (χ0n) is 10.0. The van der Waals surface area contributed by atoms with Crippen LogP contribution in [0.2, 0.25) is 6.04 Å². The number of esters is 1. The molecule has 0 radical (unpaired) electrons. The molecule has 0 aliphatic carbocycles. The number of carbonyl (C=O) groups excluding carboxylic acids is 1. The Bertz CT molecular complexity index is 185. The summed E-state index contributed by atoms with van der Waals surface area (Å²) in [7, 11) is 2.17. The van der Waals surface area contributed by atoms with Crippen LogP contribution in [0.4, 0.5) is 0 Å². The molecule has 0 saturated carbocycles. The molecule has 0 fully saturated rings. The van der Waals surface area contributed by atoms with Gasteiger partial charge in [0, 0.05) is 34.3 Å². The molecule has 15 heavy (non-hydrogen) atoms. The van der Waals surface area contributed by atoms with Gasteiger partial charge in [-0.15, -0.1) is 0 Å². The fourth-order valence-electron chi connectivity index (χ4n) is 1.28. The second-order valence-corrected chi connectivity index (χ2v) is 6.34. The molecule has 0 aromatic heterocycles. The van der Waals surface area contributed by atoms with Crippen molar-refractivity contribution in [1.82, 2.24) is 0 Å². The summed E-state index contributed by atoms with van der Waals surface area (Å²) in [5.41, 5.74) is 0. The minimum absolute atomic E-state index is 0.144. The zero-order chi connectivity index (χ0) is 11.9. The molecule has 0 aromatic carbocycles. The summed E-state index contributed by atoms with van der Waals surface area (Å²) in [6.45, 7) is 3.23. The molecule has 90 valence electrons. The quantitative estimate of drug-likeness (QED) is 0.491. The predicted octanol–water partition coefficient (Wildman–Crippen LogP) is 1.21. The lowest BCUT2D eigenvalue weighted by Crippen LogP contribution is -2.43. The first-order valence-corrected chi connectivity index (χ1v) is 6.75. The highest BCUT2D eigenvalue weighted by atomic mass is 28.4. The van der Waals surface area contributed by atoms with Gasteiger partial charge in [0.2, 0.25) is 0 Å². The lowest BCUT2D eigenvalue weighted by atomic mass is 10.3. The van der Waals surface area contributed by atoms with Crippen molar-refractivity contribution in [3.63, 3.8) is 0 Å². The lowest BCUT2D eigenvalue weighted by Gasteiger charge is -2.25. The van der Waals surface area contributed by atoms with Gasteiger partial charge in [-0.05, 0) is 13.3 Å². The third-order valence-electron chi connectivity index (χ3n) is 2.16. The highest BCUT2D eigenvalue weighted by Gasteiger charge is 2.37. The molecule has 0 heterocycles. The van der Waals surface area contributed by atoms with Gasteiger partial charge in [0.05, 0.1) is 6.10 Å². The van der Waals surface area contributed by atoms with Crippen LogP contribution in [0.5, 0.6) is 0 Å². The fraction of sp³-hybridized carbons (Fsp3) is 0.889. The lowest BCUT2D eigenvalue weighted by molar-refractivity contribution is -0.145. The first kappa shape index (κ1) is 14.6. The zero-order valence-corrected chi connectivity index (χ0v) is 11.0. The Hall–Kier alpha value is -0.433. The van der Waals surface area contributed by atoms with Gasteiger partial charge in [-0.25, -0.2) is 0 Å². The Kier molecular flexibility index (Phi) is 6.74. The van der Waals surface area contributed by atoms with E-state index in [1.165, 1.54) is 6.92 Å². The van der Waals surface area contributed by atoms with E-state index < -0.39 is 8.80 Å². The number of ether oxygens (including phenoxy) is 1. The average Bonchev–Trinajstić information content (AvgIpc) is 2.20. The molecule has 1 unspecified atom stereocenters. The Balaban J connectivity index is 4.04. The first-order chi connectivity index (χ1) is 6.99. The second-order valence-electron chi connectivity index (χ2n) is 3.25. The van der Waals surface area contributed by atoms with Crippen LogP contribution in [0.25, 0.3) is 0 Å². The van der Waals surface area contributed by atoms with Crippen LogP contribution in [-0.4, -0.2) is 42.2 Å². The van der Waals surface area contributed by atoms with Crippen molar-refractivity contribution in [3.8, 4) is 0 Å². The van der Waals surface area contributed by atoms with Crippen molar-refractivity contribution in [3.05, 3.63) is 0 Å². The van der Waals surface area contributed by atoms with E-state index in [4.69, 9.17) is 18.0 Å². The standard InChI is InChI=1S/C9H20O5Si/c1-8(14-9(2)10)6-7-15(11-3,12-4)13-5/h8H,6-7H2,1-5H3. The summed E-state index contributed by atoms with van der Waals surface area (Å²) in [5.74, 6) is -0.276. The summed E-state index contributed by atoms with van der Waals surface area (Å²) in [6, 6.07) is 0.630. The molecule has 5 nitrogen and oxygen atoms in total. The second kappa shape index (κ2) is 6.94. The summed E-state index contributed by atoms with van der Waals surface area (Å²) >= 11 is 0. The summed E-state index contributed by atoms with van der Waals surface area (Å²) in [5, 5.41) is 0. The van der Waals surface area contributed by atoms with E-state index in [2.05, 4.69) is 0 Å². The third kappa shape index (κ3) is 5.27. The number of hydrogen-bond acceptors (Lipinski definition) is 5. The molecule has 0 aliphatic rings. The van der Waals surface area contributed by atoms with Crippen molar-refractivity contribution in [2.45, 2.75) is 32.4 Å². The number of hydrogen-bond donors (Lipinski definition) is 0. The van der Waals surface area contributed by atoms with E-state index in [1.54, 1.807) is 21.3 Å². The molecule has 0 aliphatic heterocycles. The van der Waals surface area contributed by atoms with Gasteiger partial charge >= 0.3 is 14.8 Å². The minimum atomic E-state index is -2.52. The molecule has 0 spiro atoms. The van der Waals surface area contributed by atoms with Gasteiger partial charge < -0.3 is 18.0 Å². The van der Waals surface area contributed by atoms with Gasteiger partial charge in [-0.1, -0.05) is 0 Å². The van der Waals surface area contributed by atoms with E-state index in [0.717, 1.165) is 0 Å². The van der Waals surface area contributed by atoms with Crippen LogP contribution in [0.15, 0.2) is 0 Å². The largest absolute Gasteiger partial charge is 0.500 e. The van der Waals surface area contributed by atoms with Gasteiger partial charge in [-0.2, -0.15) is 0 Å². The van der Waals surface area contributed by atoms with Crippen LogP contribution < -0.4 is 0 Å². The molecule has 0 N–H and O–H groups in total. The van der Waals surface area contributed by atoms with E-state index in [-0.39, 0.29) is 12.1 Å². The molecular weight excluding hydrogens is 216 g/mol. The number of rotatable bonds is 7. The van der Waals surface area contributed by atoms with Gasteiger partial charge in [0.15, 0.2) is 0 Å². The van der Waals surface area contributed by atoms with E-state index >= 15 is 0 Å². The molecule has 6 heteroatoms. The molecule has 0 rings (SSSR count). The normalized spacial score (nSPS) is 13.7. The van der Waals surface area contributed by atoms with Gasteiger partial charge in [0.25, 0.3) is 0 Å². The van der Waals surface area contributed by atoms with Crippen molar-refractivity contribution >= 4 is 14.8 Å². The molecular formula is C9H20O5Si. The molecule has 0 aromatic rings. The molecule has 0 bridgehead atoms. The predicted molar refractivity (Wildman–Crippen MR) is 57.4 cm³/mol. The molecule has 1 atom stereocenters. The molecule has 0 amide bonds. The smallest absolute Gasteiger partial charge is 0.463 e. The Labute approximate surface area is 92.0 Å². The van der Waals surface area contributed by atoms with Crippen LogP contribution in [0.3, 0.4) is 0 Å². The summed E-state index contributed by atoms with van der Waals surface area (Å²) in [6.07, 6.45) is 0.524. The first-order valence-electron chi connectivity index (χ1n) is 4.82. The van der Waals surface area contributed by atoms with Crippen LogP contribution >= 0.6 is 0 Å². The van der Waals surface area contributed by atoms with Crippen LogP contribution in [-0.2, 0) is 22.8 Å². The maximum absolute atomic E-state index is 10.7. The monoisotopic (exact) mass is 236 g/mol. The average molecular weight is 236 g/mol. The van der Waals surface area contributed by atoms with Crippen LogP contribution in [0, 0.1) is 0 Å². The Morgan fingerprint density at radius 3 is 2.00 bits per heavy atom. The Morgan fingerprint density at radius 2 is 1.67 bits per heavy atom. The fourth-order valence-corrected chi connectivity index (χ4v) is 3.15. The highest BCUT2D eigenvalue weighted by Crippen LogP contribution is 2.17. The van der Waals surface area contributed by atoms with E-state index in [9.17, 15) is 4.79 Å². The van der Waals surface area contributed by atoms with E-state index in [1.807, 2.05) is 6.92 Å². The Morgan fingerprint density at radius 1 is 1.20 bits per heavy atom. The minimum Gasteiger partial charge on any atom is -0.463 e. The highest BCUT2D eigenvalue weighted by molar-refractivity contribution is 6.60. The number of carbonyl (C=O) groups is 1. The maximum Gasteiger partial charge on any atom is 0.500 e. The summed E-state index contributed by atoms with van der Waals surface area (Å²) < 4.78 is 20.7. The van der Waals surface area contributed by atoms with Gasteiger partial charge in [-0.3, -0.25) is 4.79 Å².